The molecule has 0 bridgehead atoms. The fourth-order valence-electron chi connectivity index (χ4n) is 2.70. The minimum Gasteiger partial charge on any atom is -0.346 e. The van der Waals surface area contributed by atoms with Crippen molar-refractivity contribution in [1.82, 2.24) is 30.0 Å². The number of fused-ring (bicyclic) bond motifs is 1. The van der Waals surface area contributed by atoms with E-state index in [0.29, 0.717) is 5.56 Å². The summed E-state index contributed by atoms with van der Waals surface area (Å²) in [6.07, 6.45) is 4.75. The summed E-state index contributed by atoms with van der Waals surface area (Å²) in [6, 6.07) is 13.1. The van der Waals surface area contributed by atoms with Gasteiger partial charge in [0, 0.05) is 5.56 Å². The SMILES string of the molecule is C[C@@H](NC(=O)c1ccc2nc[nH]c2c1)c1ccc(-n2cncn2)cc1. The van der Waals surface area contributed by atoms with E-state index in [1.807, 2.05) is 37.3 Å². The third-order valence-corrected chi connectivity index (χ3v) is 4.11. The van der Waals surface area contributed by atoms with Gasteiger partial charge in [-0.05, 0) is 42.8 Å². The van der Waals surface area contributed by atoms with Crippen LogP contribution in [0.2, 0.25) is 0 Å². The van der Waals surface area contributed by atoms with Gasteiger partial charge in [-0.1, -0.05) is 12.1 Å². The van der Waals surface area contributed by atoms with E-state index in [-0.39, 0.29) is 11.9 Å². The maximum atomic E-state index is 12.5. The Morgan fingerprint density at radius 2 is 2.04 bits per heavy atom. The summed E-state index contributed by atoms with van der Waals surface area (Å²) < 4.78 is 1.69. The normalized spacial score (nSPS) is 12.2. The van der Waals surface area contributed by atoms with E-state index in [0.717, 1.165) is 22.3 Å². The molecular formula is C18H16N6O. The van der Waals surface area contributed by atoms with E-state index in [9.17, 15) is 4.79 Å². The molecule has 2 aromatic carbocycles. The third-order valence-electron chi connectivity index (χ3n) is 4.11. The standard InChI is InChI=1S/C18H16N6O/c1-12(13-2-5-15(6-3-13)24-11-19-9-22-24)23-18(25)14-4-7-16-17(8-14)21-10-20-16/h2-12H,1H3,(H,20,21)(H,23,25)/t12-/m1/s1. The summed E-state index contributed by atoms with van der Waals surface area (Å²) >= 11 is 0. The number of hydrogen-bond acceptors (Lipinski definition) is 4. The molecule has 25 heavy (non-hydrogen) atoms. The number of benzene rings is 2. The Morgan fingerprint density at radius 1 is 1.20 bits per heavy atom. The maximum Gasteiger partial charge on any atom is 0.251 e. The first-order valence-corrected chi connectivity index (χ1v) is 7.90. The van der Waals surface area contributed by atoms with E-state index in [1.165, 1.54) is 6.33 Å². The number of carbonyl (C=O) groups is 1. The van der Waals surface area contributed by atoms with Crippen molar-refractivity contribution in [2.45, 2.75) is 13.0 Å². The molecule has 0 saturated carbocycles. The lowest BCUT2D eigenvalue weighted by Gasteiger charge is -2.15. The number of imidazole rings is 1. The van der Waals surface area contributed by atoms with Crippen molar-refractivity contribution in [3.8, 4) is 5.69 Å². The zero-order valence-corrected chi connectivity index (χ0v) is 13.5. The first-order valence-electron chi connectivity index (χ1n) is 7.90. The smallest absolute Gasteiger partial charge is 0.251 e. The highest BCUT2D eigenvalue weighted by atomic mass is 16.1. The van der Waals surface area contributed by atoms with Crippen LogP contribution in [0.5, 0.6) is 0 Å². The lowest BCUT2D eigenvalue weighted by Crippen LogP contribution is -2.26. The molecular weight excluding hydrogens is 316 g/mol. The summed E-state index contributed by atoms with van der Waals surface area (Å²) in [6.45, 7) is 1.96. The van der Waals surface area contributed by atoms with Crippen molar-refractivity contribution in [2.24, 2.45) is 0 Å². The van der Waals surface area contributed by atoms with Gasteiger partial charge in [-0.3, -0.25) is 4.79 Å². The van der Waals surface area contributed by atoms with Crippen LogP contribution >= 0.6 is 0 Å². The van der Waals surface area contributed by atoms with Gasteiger partial charge in [0.25, 0.3) is 5.91 Å². The molecule has 2 aromatic heterocycles. The van der Waals surface area contributed by atoms with Crippen LogP contribution in [-0.4, -0.2) is 30.6 Å². The first-order chi connectivity index (χ1) is 12.2. The van der Waals surface area contributed by atoms with Gasteiger partial charge >= 0.3 is 0 Å². The maximum absolute atomic E-state index is 12.5. The number of hydrogen-bond donors (Lipinski definition) is 2. The highest BCUT2D eigenvalue weighted by Crippen LogP contribution is 2.17. The van der Waals surface area contributed by atoms with E-state index in [1.54, 1.807) is 29.5 Å². The van der Waals surface area contributed by atoms with Crippen LogP contribution in [0.3, 0.4) is 0 Å². The van der Waals surface area contributed by atoms with Crippen molar-refractivity contribution < 1.29 is 4.79 Å². The van der Waals surface area contributed by atoms with E-state index >= 15 is 0 Å². The molecule has 4 rings (SSSR count). The molecule has 0 aliphatic carbocycles. The van der Waals surface area contributed by atoms with Crippen LogP contribution < -0.4 is 5.32 Å². The lowest BCUT2D eigenvalue weighted by molar-refractivity contribution is 0.0940. The van der Waals surface area contributed by atoms with Crippen LogP contribution in [0.15, 0.2) is 61.4 Å². The minimum atomic E-state index is -0.121. The van der Waals surface area contributed by atoms with Crippen LogP contribution in [0.1, 0.15) is 28.9 Å². The number of aromatic nitrogens is 5. The number of nitrogens with zero attached hydrogens (tertiary/aromatic N) is 4. The molecule has 7 heteroatoms. The molecule has 0 saturated heterocycles. The molecule has 2 heterocycles. The molecule has 1 amide bonds. The Balaban J connectivity index is 1.49. The quantitative estimate of drug-likeness (QED) is 0.601. The molecule has 1 atom stereocenters. The van der Waals surface area contributed by atoms with Gasteiger partial charge in [-0.2, -0.15) is 5.10 Å². The van der Waals surface area contributed by atoms with Crippen molar-refractivity contribution in [3.63, 3.8) is 0 Å². The second-order valence-electron chi connectivity index (χ2n) is 5.76. The topological polar surface area (TPSA) is 88.5 Å². The van der Waals surface area contributed by atoms with Crippen LogP contribution in [0.25, 0.3) is 16.7 Å². The summed E-state index contributed by atoms with van der Waals surface area (Å²) in [7, 11) is 0. The largest absolute Gasteiger partial charge is 0.346 e. The second kappa shape index (κ2) is 6.20. The Hall–Kier alpha value is -3.48. The van der Waals surface area contributed by atoms with E-state index in [2.05, 4.69) is 25.4 Å². The molecule has 124 valence electrons. The highest BCUT2D eigenvalue weighted by Gasteiger charge is 2.12. The molecule has 0 radical (unpaired) electrons. The Bertz CT molecular complexity index is 1000. The number of carbonyl (C=O) groups excluding carboxylic acids is 1. The van der Waals surface area contributed by atoms with Crippen LogP contribution in [0, 0.1) is 0 Å². The Labute approximate surface area is 143 Å². The monoisotopic (exact) mass is 332 g/mol. The Kier molecular flexibility index (Phi) is 3.74. The highest BCUT2D eigenvalue weighted by molar-refractivity contribution is 5.97. The molecule has 0 fully saturated rings. The fourth-order valence-corrected chi connectivity index (χ4v) is 2.70. The van der Waals surface area contributed by atoms with E-state index in [4.69, 9.17) is 0 Å². The summed E-state index contributed by atoms with van der Waals surface area (Å²) in [5.74, 6) is -0.121. The fraction of sp³-hybridized carbons (Fsp3) is 0.111. The molecule has 0 aliphatic rings. The lowest BCUT2D eigenvalue weighted by atomic mass is 10.1. The zero-order valence-electron chi connectivity index (χ0n) is 13.5. The van der Waals surface area contributed by atoms with Crippen molar-refractivity contribution in [1.29, 1.82) is 0 Å². The van der Waals surface area contributed by atoms with Crippen molar-refractivity contribution >= 4 is 16.9 Å². The van der Waals surface area contributed by atoms with Gasteiger partial charge in [0.05, 0.1) is 29.1 Å². The van der Waals surface area contributed by atoms with E-state index < -0.39 is 0 Å². The number of nitrogens with one attached hydrogen (secondary N) is 2. The third kappa shape index (κ3) is 2.99. The van der Waals surface area contributed by atoms with Gasteiger partial charge in [0.1, 0.15) is 12.7 Å². The molecule has 0 unspecified atom stereocenters. The number of aromatic amines is 1. The van der Waals surface area contributed by atoms with Gasteiger partial charge in [0.15, 0.2) is 0 Å². The Morgan fingerprint density at radius 3 is 2.80 bits per heavy atom. The molecule has 0 spiro atoms. The van der Waals surface area contributed by atoms with Crippen LogP contribution in [0.4, 0.5) is 0 Å². The second-order valence-corrected chi connectivity index (χ2v) is 5.76. The summed E-state index contributed by atoms with van der Waals surface area (Å²) in [4.78, 5) is 23.6. The van der Waals surface area contributed by atoms with Gasteiger partial charge in [-0.25, -0.2) is 14.6 Å². The van der Waals surface area contributed by atoms with Gasteiger partial charge in [-0.15, -0.1) is 0 Å². The van der Waals surface area contributed by atoms with Crippen molar-refractivity contribution in [3.05, 3.63) is 72.6 Å². The number of H-pyrrole nitrogens is 1. The molecule has 2 N–H and O–H groups in total. The molecule has 7 nitrogen and oxygen atoms in total. The minimum absolute atomic E-state index is 0.116. The predicted molar refractivity (Wildman–Crippen MR) is 93.3 cm³/mol. The summed E-state index contributed by atoms with van der Waals surface area (Å²) in [5, 5.41) is 7.11. The number of amides is 1. The van der Waals surface area contributed by atoms with Gasteiger partial charge in [0.2, 0.25) is 0 Å². The first kappa shape index (κ1) is 15.1. The van der Waals surface area contributed by atoms with Crippen molar-refractivity contribution in [2.75, 3.05) is 0 Å². The zero-order chi connectivity index (χ0) is 17.2. The summed E-state index contributed by atoms with van der Waals surface area (Å²) in [5.41, 5.74) is 4.22. The van der Waals surface area contributed by atoms with Crippen LogP contribution in [-0.2, 0) is 0 Å². The average Bonchev–Trinajstić information content (AvgIpc) is 3.32. The molecule has 0 aliphatic heterocycles. The number of rotatable bonds is 4. The molecule has 4 aromatic rings. The predicted octanol–water partition coefficient (Wildman–Crippen LogP) is 2.63. The average molecular weight is 332 g/mol. The van der Waals surface area contributed by atoms with Gasteiger partial charge < -0.3 is 10.3 Å².